The van der Waals surface area contributed by atoms with Crippen LogP contribution in [0.25, 0.3) is 0 Å². The van der Waals surface area contributed by atoms with Gasteiger partial charge in [-0.15, -0.1) is 0 Å². The second-order valence-electron chi connectivity index (χ2n) is 3.30. The average molecular weight is 218 g/mol. The lowest BCUT2D eigenvalue weighted by Gasteiger charge is -2.02. The highest BCUT2D eigenvalue weighted by Gasteiger charge is 2.14. The van der Waals surface area contributed by atoms with Gasteiger partial charge in [0.05, 0.1) is 12.5 Å². The zero-order valence-electron chi connectivity index (χ0n) is 8.53. The smallest absolute Gasteiger partial charge is 0.231 e. The summed E-state index contributed by atoms with van der Waals surface area (Å²) in [6, 6.07) is 7.20. The first-order valence-electron chi connectivity index (χ1n) is 4.82. The monoisotopic (exact) mass is 218 g/mol. The molecule has 0 spiro atoms. The third-order valence-electron chi connectivity index (χ3n) is 2.17. The number of benzene rings is 1. The third kappa shape index (κ3) is 2.23. The van der Waals surface area contributed by atoms with Crippen molar-refractivity contribution >= 4 is 5.91 Å². The van der Waals surface area contributed by atoms with Crippen LogP contribution in [0.2, 0.25) is 0 Å². The Morgan fingerprint density at radius 2 is 2.25 bits per heavy atom. The van der Waals surface area contributed by atoms with E-state index in [2.05, 4.69) is 5.32 Å². The number of hydrogen-bond donors (Lipinski definition) is 1. The molecule has 5 heteroatoms. The predicted octanol–water partition coefficient (Wildman–Crippen LogP) is 0.598. The normalized spacial score (nSPS) is 11.9. The molecule has 1 N–H and O–H groups in total. The molecule has 0 unspecified atom stereocenters. The minimum Gasteiger partial charge on any atom is -0.454 e. The molecule has 0 aromatic heterocycles. The average Bonchev–Trinajstić information content (AvgIpc) is 2.73. The van der Waals surface area contributed by atoms with Gasteiger partial charge in [0, 0.05) is 0 Å². The van der Waals surface area contributed by atoms with Gasteiger partial charge in [-0.05, 0) is 17.7 Å². The van der Waals surface area contributed by atoms with Crippen LogP contribution in [0.5, 0.6) is 11.5 Å². The van der Waals surface area contributed by atoms with Crippen LogP contribution in [0.3, 0.4) is 0 Å². The Hall–Kier alpha value is -2.22. The van der Waals surface area contributed by atoms with E-state index in [-0.39, 0.29) is 25.7 Å². The summed E-state index contributed by atoms with van der Waals surface area (Å²) in [6.45, 7) is 0.253. The molecular formula is C11H10N2O3. The maximum Gasteiger partial charge on any atom is 0.231 e. The number of carbonyl (C=O) groups excluding carboxylic acids is 1. The number of ether oxygens (including phenoxy) is 2. The summed E-state index contributed by atoms with van der Waals surface area (Å²) in [7, 11) is 0. The zero-order valence-corrected chi connectivity index (χ0v) is 8.53. The van der Waals surface area contributed by atoms with Gasteiger partial charge in [0.25, 0.3) is 0 Å². The topological polar surface area (TPSA) is 71.4 Å². The Morgan fingerprint density at radius 3 is 3.06 bits per heavy atom. The van der Waals surface area contributed by atoms with Crippen LogP contribution in [-0.2, 0) is 11.2 Å². The lowest BCUT2D eigenvalue weighted by Crippen LogP contribution is -2.25. The van der Waals surface area contributed by atoms with Crippen molar-refractivity contribution in [3.63, 3.8) is 0 Å². The zero-order chi connectivity index (χ0) is 11.4. The fourth-order valence-electron chi connectivity index (χ4n) is 1.44. The van der Waals surface area contributed by atoms with Crippen molar-refractivity contribution in [1.82, 2.24) is 5.32 Å². The van der Waals surface area contributed by atoms with E-state index in [0.717, 1.165) is 5.56 Å². The molecule has 82 valence electrons. The van der Waals surface area contributed by atoms with Gasteiger partial charge in [-0.25, -0.2) is 0 Å². The van der Waals surface area contributed by atoms with Gasteiger partial charge in [0.2, 0.25) is 12.7 Å². The molecular weight excluding hydrogens is 208 g/mol. The first-order chi connectivity index (χ1) is 7.79. The summed E-state index contributed by atoms with van der Waals surface area (Å²) < 4.78 is 10.4. The molecule has 0 radical (unpaired) electrons. The number of hydrogen-bond acceptors (Lipinski definition) is 4. The van der Waals surface area contributed by atoms with E-state index in [4.69, 9.17) is 14.7 Å². The fraction of sp³-hybridized carbons (Fsp3) is 0.273. The van der Waals surface area contributed by atoms with Gasteiger partial charge in [0.15, 0.2) is 11.5 Å². The van der Waals surface area contributed by atoms with Crippen molar-refractivity contribution < 1.29 is 14.3 Å². The standard InChI is InChI=1S/C11H10N2O3/c12-3-4-13-11(14)6-8-1-2-9-10(5-8)16-7-15-9/h1-2,5H,4,6-7H2,(H,13,14). The fourth-order valence-corrected chi connectivity index (χ4v) is 1.44. The SMILES string of the molecule is N#CCNC(=O)Cc1ccc2c(c1)OCO2. The molecule has 1 heterocycles. The number of carbonyl (C=O) groups is 1. The molecule has 1 aliphatic heterocycles. The van der Waals surface area contributed by atoms with Crippen molar-refractivity contribution in [1.29, 1.82) is 5.26 Å². The van der Waals surface area contributed by atoms with Gasteiger partial charge in [-0.2, -0.15) is 5.26 Å². The summed E-state index contributed by atoms with van der Waals surface area (Å²) in [4.78, 5) is 11.3. The molecule has 0 saturated carbocycles. The second kappa shape index (κ2) is 4.53. The summed E-state index contributed by atoms with van der Waals surface area (Å²) >= 11 is 0. The molecule has 1 aromatic carbocycles. The van der Waals surface area contributed by atoms with Gasteiger partial charge >= 0.3 is 0 Å². The molecule has 0 saturated heterocycles. The van der Waals surface area contributed by atoms with Crippen LogP contribution in [0.4, 0.5) is 0 Å². The summed E-state index contributed by atoms with van der Waals surface area (Å²) in [5, 5.41) is 10.8. The van der Waals surface area contributed by atoms with Crippen molar-refractivity contribution in [2.24, 2.45) is 0 Å². The minimum absolute atomic E-state index is 0.0311. The first kappa shape index (κ1) is 10.3. The molecule has 0 aliphatic carbocycles. The number of nitriles is 1. The molecule has 1 amide bonds. The lowest BCUT2D eigenvalue weighted by molar-refractivity contribution is -0.120. The predicted molar refractivity (Wildman–Crippen MR) is 54.9 cm³/mol. The van der Waals surface area contributed by atoms with E-state index in [9.17, 15) is 4.79 Å². The summed E-state index contributed by atoms with van der Waals surface area (Å²) in [6.07, 6.45) is 0.234. The summed E-state index contributed by atoms with van der Waals surface area (Å²) in [5.74, 6) is 1.17. The van der Waals surface area contributed by atoms with Crippen molar-refractivity contribution in [3.8, 4) is 17.6 Å². The molecule has 0 atom stereocenters. The highest BCUT2D eigenvalue weighted by molar-refractivity contribution is 5.79. The molecule has 2 rings (SSSR count). The van der Waals surface area contributed by atoms with E-state index >= 15 is 0 Å². The molecule has 1 aliphatic rings. The van der Waals surface area contributed by atoms with Crippen molar-refractivity contribution in [2.75, 3.05) is 13.3 Å². The van der Waals surface area contributed by atoms with Crippen LogP contribution < -0.4 is 14.8 Å². The first-order valence-corrected chi connectivity index (χ1v) is 4.82. The largest absolute Gasteiger partial charge is 0.454 e. The molecule has 0 bridgehead atoms. The Kier molecular flexibility index (Phi) is 2.92. The number of nitrogens with zero attached hydrogens (tertiary/aromatic N) is 1. The Balaban J connectivity index is 2.00. The molecule has 0 fully saturated rings. The second-order valence-corrected chi connectivity index (χ2v) is 3.30. The van der Waals surface area contributed by atoms with Gasteiger partial charge in [-0.1, -0.05) is 6.07 Å². The lowest BCUT2D eigenvalue weighted by atomic mass is 10.1. The van der Waals surface area contributed by atoms with E-state index in [1.54, 1.807) is 18.2 Å². The number of nitrogens with one attached hydrogen (secondary N) is 1. The Morgan fingerprint density at radius 1 is 1.44 bits per heavy atom. The van der Waals surface area contributed by atoms with Crippen molar-refractivity contribution in [2.45, 2.75) is 6.42 Å². The van der Waals surface area contributed by atoms with Crippen LogP contribution in [0.1, 0.15) is 5.56 Å². The van der Waals surface area contributed by atoms with E-state index in [0.29, 0.717) is 11.5 Å². The van der Waals surface area contributed by atoms with Gasteiger partial charge in [-0.3, -0.25) is 4.79 Å². The minimum atomic E-state index is -0.180. The van der Waals surface area contributed by atoms with E-state index < -0.39 is 0 Å². The molecule has 5 nitrogen and oxygen atoms in total. The van der Waals surface area contributed by atoms with Crippen molar-refractivity contribution in [3.05, 3.63) is 23.8 Å². The van der Waals surface area contributed by atoms with E-state index in [1.807, 2.05) is 6.07 Å². The number of fused-ring (bicyclic) bond motifs is 1. The maximum absolute atomic E-state index is 11.3. The highest BCUT2D eigenvalue weighted by atomic mass is 16.7. The molecule has 1 aromatic rings. The highest BCUT2D eigenvalue weighted by Crippen LogP contribution is 2.32. The van der Waals surface area contributed by atoms with Gasteiger partial charge < -0.3 is 14.8 Å². The van der Waals surface area contributed by atoms with Crippen LogP contribution in [0, 0.1) is 11.3 Å². The molecule has 16 heavy (non-hydrogen) atoms. The van der Waals surface area contributed by atoms with Gasteiger partial charge in [0.1, 0.15) is 6.54 Å². The van der Waals surface area contributed by atoms with Crippen LogP contribution in [-0.4, -0.2) is 19.2 Å². The maximum atomic E-state index is 11.3. The van der Waals surface area contributed by atoms with E-state index in [1.165, 1.54) is 0 Å². The number of rotatable bonds is 3. The van der Waals surface area contributed by atoms with Crippen LogP contribution >= 0.6 is 0 Å². The quantitative estimate of drug-likeness (QED) is 0.754. The summed E-state index contributed by atoms with van der Waals surface area (Å²) in [5.41, 5.74) is 0.833. The van der Waals surface area contributed by atoms with Crippen LogP contribution in [0.15, 0.2) is 18.2 Å². The number of amides is 1. The Labute approximate surface area is 92.6 Å². The third-order valence-corrected chi connectivity index (χ3v) is 2.17. The Bertz CT molecular complexity index is 451.